The molecule has 1 fully saturated rings. The molecule has 0 aromatic heterocycles. The predicted octanol–water partition coefficient (Wildman–Crippen LogP) is 3.70. The van der Waals surface area contributed by atoms with Gasteiger partial charge in [0.25, 0.3) is 5.91 Å². The number of carbonyl (C=O) groups is 1. The average Bonchev–Trinajstić information content (AvgIpc) is 2.72. The van der Waals surface area contributed by atoms with Crippen molar-refractivity contribution in [2.75, 3.05) is 14.2 Å². The van der Waals surface area contributed by atoms with E-state index in [1.807, 2.05) is 39.0 Å². The second-order valence-corrected chi connectivity index (χ2v) is 7.47. The fraction of sp³-hybridized carbons (Fsp3) is 0.375. The molecule has 4 nitrogen and oxygen atoms in total. The molecule has 0 spiro atoms. The molecule has 0 N–H and O–H groups in total. The number of nitrogens with zero attached hydrogens (tertiary/aromatic N) is 1. The molecule has 0 unspecified atom stereocenters. The lowest BCUT2D eigenvalue weighted by atomic mass is 10.1. The lowest BCUT2D eigenvalue weighted by Crippen LogP contribution is -2.44. The molecule has 2 rings (SSSR count). The minimum Gasteiger partial charge on any atom is -0.497 e. The second-order valence-electron chi connectivity index (χ2n) is 5.80. The van der Waals surface area contributed by atoms with Crippen LogP contribution >= 0.6 is 24.0 Å². The van der Waals surface area contributed by atoms with Gasteiger partial charge in [0.15, 0.2) is 0 Å². The first kappa shape index (κ1) is 16.8. The molecule has 0 saturated carbocycles. The van der Waals surface area contributed by atoms with Gasteiger partial charge in [0.05, 0.1) is 19.1 Å². The number of thioether (sulfide) groups is 1. The zero-order valence-corrected chi connectivity index (χ0v) is 14.9. The van der Waals surface area contributed by atoms with E-state index in [0.29, 0.717) is 20.7 Å². The van der Waals surface area contributed by atoms with Crippen molar-refractivity contribution in [1.29, 1.82) is 0 Å². The number of carbonyl (C=O) groups excluding carboxylic acids is 1. The van der Waals surface area contributed by atoms with E-state index in [1.54, 1.807) is 25.2 Å². The van der Waals surface area contributed by atoms with E-state index >= 15 is 0 Å². The number of amides is 1. The topological polar surface area (TPSA) is 38.8 Å². The summed E-state index contributed by atoms with van der Waals surface area (Å²) in [6.07, 6.45) is 1.80. The Labute approximate surface area is 140 Å². The van der Waals surface area contributed by atoms with Crippen molar-refractivity contribution < 1.29 is 14.3 Å². The van der Waals surface area contributed by atoms with Crippen LogP contribution in [0.25, 0.3) is 6.08 Å². The standard InChI is InChI=1S/C16H19NO3S2/c1-16(2,3)17-14(18)13(22-15(17)21)9-10-8-11(19-4)6-7-12(10)20-5/h6-9H,1-5H3/b13-9-. The van der Waals surface area contributed by atoms with Crippen LogP contribution in [-0.2, 0) is 4.79 Å². The monoisotopic (exact) mass is 337 g/mol. The summed E-state index contributed by atoms with van der Waals surface area (Å²) in [5, 5.41) is 0. The largest absolute Gasteiger partial charge is 0.497 e. The maximum Gasteiger partial charge on any atom is 0.266 e. The summed E-state index contributed by atoms with van der Waals surface area (Å²) < 4.78 is 11.1. The molecule has 118 valence electrons. The van der Waals surface area contributed by atoms with Crippen molar-refractivity contribution in [2.45, 2.75) is 26.3 Å². The summed E-state index contributed by atoms with van der Waals surface area (Å²) in [5.74, 6) is 1.31. The van der Waals surface area contributed by atoms with Gasteiger partial charge in [-0.15, -0.1) is 0 Å². The van der Waals surface area contributed by atoms with Crippen LogP contribution in [0.5, 0.6) is 11.5 Å². The predicted molar refractivity (Wildman–Crippen MR) is 94.3 cm³/mol. The van der Waals surface area contributed by atoms with Crippen LogP contribution < -0.4 is 9.47 Å². The third-order valence-corrected chi connectivity index (χ3v) is 4.49. The molecule has 0 radical (unpaired) electrons. The SMILES string of the molecule is COc1ccc(OC)c(/C=C2\SC(=S)N(C(C)(C)C)C2=O)c1. The Morgan fingerprint density at radius 2 is 1.91 bits per heavy atom. The lowest BCUT2D eigenvalue weighted by molar-refractivity contribution is -0.125. The van der Waals surface area contributed by atoms with Gasteiger partial charge in [-0.25, -0.2) is 0 Å². The normalized spacial score (nSPS) is 17.3. The Morgan fingerprint density at radius 3 is 2.41 bits per heavy atom. The first-order valence-corrected chi connectivity index (χ1v) is 8.00. The van der Waals surface area contributed by atoms with Crippen molar-refractivity contribution in [2.24, 2.45) is 0 Å². The number of rotatable bonds is 3. The number of thiocarbonyl (C=S) groups is 1. The Kier molecular flexibility index (Phi) is 4.82. The van der Waals surface area contributed by atoms with Gasteiger partial charge in [-0.3, -0.25) is 9.69 Å². The number of hydrogen-bond acceptors (Lipinski definition) is 5. The summed E-state index contributed by atoms with van der Waals surface area (Å²) in [6, 6.07) is 5.47. The highest BCUT2D eigenvalue weighted by atomic mass is 32.2. The molecule has 0 atom stereocenters. The van der Waals surface area contributed by atoms with Crippen molar-refractivity contribution in [1.82, 2.24) is 4.90 Å². The van der Waals surface area contributed by atoms with Crippen LogP contribution in [0.15, 0.2) is 23.1 Å². The van der Waals surface area contributed by atoms with Gasteiger partial charge in [-0.05, 0) is 45.0 Å². The highest BCUT2D eigenvalue weighted by Crippen LogP contribution is 2.38. The maximum absolute atomic E-state index is 12.6. The molecule has 1 heterocycles. The van der Waals surface area contributed by atoms with E-state index in [2.05, 4.69) is 0 Å². The van der Waals surface area contributed by atoms with Crippen molar-refractivity contribution in [3.05, 3.63) is 28.7 Å². The van der Waals surface area contributed by atoms with Crippen LogP contribution in [0.4, 0.5) is 0 Å². The Bertz CT molecular complexity index is 647. The Hall–Kier alpha value is -1.53. The van der Waals surface area contributed by atoms with Gasteiger partial charge in [0.2, 0.25) is 0 Å². The van der Waals surface area contributed by atoms with E-state index in [0.717, 1.165) is 5.56 Å². The van der Waals surface area contributed by atoms with Crippen LogP contribution in [0.1, 0.15) is 26.3 Å². The minimum absolute atomic E-state index is 0.0765. The summed E-state index contributed by atoms with van der Waals surface area (Å²) >= 11 is 6.65. The maximum atomic E-state index is 12.6. The van der Waals surface area contributed by atoms with E-state index in [-0.39, 0.29) is 11.4 Å². The smallest absolute Gasteiger partial charge is 0.266 e. The number of ether oxygens (including phenoxy) is 2. The molecule has 1 amide bonds. The van der Waals surface area contributed by atoms with Crippen LogP contribution in [0, 0.1) is 0 Å². The van der Waals surface area contributed by atoms with Crippen molar-refractivity contribution >= 4 is 40.3 Å². The molecule has 1 aromatic carbocycles. The van der Waals surface area contributed by atoms with Gasteiger partial charge in [0.1, 0.15) is 15.8 Å². The fourth-order valence-corrected chi connectivity index (χ4v) is 3.77. The van der Waals surface area contributed by atoms with Crippen molar-refractivity contribution in [3.8, 4) is 11.5 Å². The fourth-order valence-electron chi connectivity index (χ4n) is 2.14. The lowest BCUT2D eigenvalue weighted by Gasteiger charge is -2.30. The second kappa shape index (κ2) is 6.30. The Morgan fingerprint density at radius 1 is 1.23 bits per heavy atom. The van der Waals surface area contributed by atoms with Gasteiger partial charge in [-0.2, -0.15) is 0 Å². The number of methoxy groups -OCH3 is 2. The summed E-state index contributed by atoms with van der Waals surface area (Å²) in [4.78, 5) is 14.8. The van der Waals surface area contributed by atoms with E-state index < -0.39 is 0 Å². The average molecular weight is 337 g/mol. The van der Waals surface area contributed by atoms with Gasteiger partial charge >= 0.3 is 0 Å². The molecular formula is C16H19NO3S2. The van der Waals surface area contributed by atoms with Crippen LogP contribution in [-0.4, -0.2) is 34.9 Å². The van der Waals surface area contributed by atoms with Gasteiger partial charge in [-0.1, -0.05) is 24.0 Å². The first-order chi connectivity index (χ1) is 10.3. The molecule has 1 saturated heterocycles. The third kappa shape index (κ3) is 3.28. The molecule has 0 bridgehead atoms. The van der Waals surface area contributed by atoms with E-state index in [4.69, 9.17) is 21.7 Å². The third-order valence-electron chi connectivity index (χ3n) is 3.19. The van der Waals surface area contributed by atoms with Crippen molar-refractivity contribution in [3.63, 3.8) is 0 Å². The molecule has 0 aliphatic carbocycles. The van der Waals surface area contributed by atoms with Gasteiger partial charge < -0.3 is 9.47 Å². The summed E-state index contributed by atoms with van der Waals surface area (Å²) in [5.41, 5.74) is 0.450. The molecule has 1 aliphatic rings. The molecule has 22 heavy (non-hydrogen) atoms. The number of benzene rings is 1. The molecular weight excluding hydrogens is 318 g/mol. The van der Waals surface area contributed by atoms with Crippen LogP contribution in [0.3, 0.4) is 0 Å². The Balaban J connectivity index is 2.43. The molecule has 1 aliphatic heterocycles. The van der Waals surface area contributed by atoms with E-state index in [9.17, 15) is 4.79 Å². The van der Waals surface area contributed by atoms with E-state index in [1.165, 1.54) is 11.8 Å². The summed E-state index contributed by atoms with van der Waals surface area (Å²) in [7, 11) is 3.20. The number of hydrogen-bond donors (Lipinski definition) is 0. The van der Waals surface area contributed by atoms with Crippen LogP contribution in [0.2, 0.25) is 0 Å². The zero-order valence-electron chi connectivity index (χ0n) is 13.3. The molecule has 1 aromatic rings. The zero-order chi connectivity index (χ0) is 16.5. The molecule has 6 heteroatoms. The highest BCUT2D eigenvalue weighted by Gasteiger charge is 2.39. The highest BCUT2D eigenvalue weighted by molar-refractivity contribution is 8.26. The van der Waals surface area contributed by atoms with Gasteiger partial charge in [0, 0.05) is 11.1 Å². The summed E-state index contributed by atoms with van der Waals surface area (Å²) in [6.45, 7) is 5.90. The first-order valence-electron chi connectivity index (χ1n) is 6.78. The minimum atomic E-state index is -0.338. The quantitative estimate of drug-likeness (QED) is 0.621.